The van der Waals surface area contributed by atoms with Crippen molar-refractivity contribution in [1.29, 1.82) is 0 Å². The molecule has 0 aliphatic carbocycles. The van der Waals surface area contributed by atoms with Gasteiger partial charge >= 0.3 is 6.03 Å². The molecule has 0 spiro atoms. The zero-order chi connectivity index (χ0) is 20.3. The Hall–Kier alpha value is -1.80. The predicted octanol–water partition coefficient (Wildman–Crippen LogP) is 5.12. The van der Waals surface area contributed by atoms with Gasteiger partial charge < -0.3 is 10.6 Å². The molecule has 2 amide bonds. The van der Waals surface area contributed by atoms with Crippen LogP contribution in [0.3, 0.4) is 0 Å². The number of halogens is 2. The van der Waals surface area contributed by atoms with Gasteiger partial charge in [0.25, 0.3) is 0 Å². The third-order valence-corrected chi connectivity index (χ3v) is 7.34. The quantitative estimate of drug-likeness (QED) is 0.690. The minimum atomic E-state index is -3.59. The molecule has 9 heteroatoms. The smallest absolute Gasteiger partial charge is 0.308 e. The molecule has 6 nitrogen and oxygen atoms in total. The van der Waals surface area contributed by atoms with Crippen molar-refractivity contribution in [1.82, 2.24) is 4.31 Å². The molecule has 0 aromatic heterocycles. The van der Waals surface area contributed by atoms with Gasteiger partial charge in [0.15, 0.2) is 0 Å². The number of hydrogen-bond acceptors (Lipinski definition) is 3. The van der Waals surface area contributed by atoms with Crippen LogP contribution in [0.2, 0.25) is 10.0 Å². The van der Waals surface area contributed by atoms with Crippen LogP contribution < -0.4 is 10.6 Å². The fourth-order valence-electron chi connectivity index (χ4n) is 3.07. The third kappa shape index (κ3) is 4.78. The molecule has 28 heavy (non-hydrogen) atoms. The molecule has 1 aliphatic rings. The van der Waals surface area contributed by atoms with Crippen LogP contribution in [-0.2, 0) is 10.0 Å². The second-order valence-electron chi connectivity index (χ2n) is 6.65. The normalized spacial score (nSPS) is 15.2. The van der Waals surface area contributed by atoms with Crippen LogP contribution in [0.4, 0.5) is 16.2 Å². The van der Waals surface area contributed by atoms with Crippen LogP contribution in [0.5, 0.6) is 0 Å². The van der Waals surface area contributed by atoms with E-state index in [-0.39, 0.29) is 4.90 Å². The second-order valence-corrected chi connectivity index (χ2v) is 9.37. The summed E-state index contributed by atoms with van der Waals surface area (Å²) in [6.45, 7) is 2.80. The lowest BCUT2D eigenvalue weighted by atomic mass is 10.2. The van der Waals surface area contributed by atoms with Crippen molar-refractivity contribution < 1.29 is 13.2 Å². The van der Waals surface area contributed by atoms with Crippen LogP contribution in [0.1, 0.15) is 24.8 Å². The minimum Gasteiger partial charge on any atom is -0.308 e. The van der Waals surface area contributed by atoms with Crippen molar-refractivity contribution in [3.63, 3.8) is 0 Å². The maximum Gasteiger partial charge on any atom is 0.323 e. The van der Waals surface area contributed by atoms with Gasteiger partial charge in [0.05, 0.1) is 14.9 Å². The Bertz CT molecular complexity index is 990. The summed E-state index contributed by atoms with van der Waals surface area (Å²) < 4.78 is 27.5. The minimum absolute atomic E-state index is 0.210. The summed E-state index contributed by atoms with van der Waals surface area (Å²) in [5.41, 5.74) is 1.50. The number of nitrogens with one attached hydrogen (secondary N) is 2. The highest BCUT2D eigenvalue weighted by Crippen LogP contribution is 2.27. The van der Waals surface area contributed by atoms with E-state index in [1.807, 2.05) is 0 Å². The molecule has 1 aliphatic heterocycles. The van der Waals surface area contributed by atoms with E-state index in [1.54, 1.807) is 31.2 Å². The summed E-state index contributed by atoms with van der Waals surface area (Å²) in [4.78, 5) is 12.5. The second kappa shape index (κ2) is 8.69. The summed E-state index contributed by atoms with van der Waals surface area (Å²) in [5.74, 6) is 0. The van der Waals surface area contributed by atoms with Gasteiger partial charge in [0, 0.05) is 24.5 Å². The average Bonchev–Trinajstić information content (AvgIpc) is 2.67. The standard InChI is InChI=1S/C19H21Cl2N3O3S/c1-13-5-6-15(12-18(13)28(26,27)24-9-3-2-4-10-24)23-19(25)22-14-7-8-16(20)17(21)11-14/h5-8,11-12H,2-4,9-10H2,1H3,(H2,22,23,25). The zero-order valence-electron chi connectivity index (χ0n) is 15.3. The number of urea groups is 1. The number of carbonyl (C=O) groups excluding carboxylic acids is 1. The molecule has 0 radical (unpaired) electrons. The number of anilines is 2. The van der Waals surface area contributed by atoms with Crippen molar-refractivity contribution in [3.05, 3.63) is 52.0 Å². The number of nitrogens with zero attached hydrogens (tertiary/aromatic N) is 1. The molecule has 0 bridgehead atoms. The Kier molecular flexibility index (Phi) is 6.50. The predicted molar refractivity (Wildman–Crippen MR) is 113 cm³/mol. The number of carbonyl (C=O) groups is 1. The van der Waals surface area contributed by atoms with E-state index in [9.17, 15) is 13.2 Å². The van der Waals surface area contributed by atoms with Crippen molar-refractivity contribution in [3.8, 4) is 0 Å². The molecule has 3 rings (SSSR count). The average molecular weight is 442 g/mol. The first-order valence-corrected chi connectivity index (χ1v) is 11.1. The number of rotatable bonds is 4. The molecule has 2 aromatic rings. The first-order chi connectivity index (χ1) is 13.3. The van der Waals surface area contributed by atoms with Crippen molar-refractivity contribution in [2.45, 2.75) is 31.1 Å². The van der Waals surface area contributed by atoms with E-state index >= 15 is 0 Å². The summed E-state index contributed by atoms with van der Waals surface area (Å²) in [5, 5.41) is 6.01. The Balaban J connectivity index is 1.77. The fourth-order valence-corrected chi connectivity index (χ4v) is 5.13. The first-order valence-electron chi connectivity index (χ1n) is 8.91. The lowest BCUT2D eigenvalue weighted by Crippen LogP contribution is -2.36. The largest absolute Gasteiger partial charge is 0.323 e. The molecule has 0 atom stereocenters. The van der Waals surface area contributed by atoms with Gasteiger partial charge in [-0.25, -0.2) is 13.2 Å². The van der Waals surface area contributed by atoms with Gasteiger partial charge in [-0.15, -0.1) is 0 Å². The number of aryl methyl sites for hydroxylation is 1. The van der Waals surface area contributed by atoms with Gasteiger partial charge in [-0.2, -0.15) is 4.31 Å². The van der Waals surface area contributed by atoms with Crippen molar-refractivity contribution >= 4 is 50.6 Å². The Morgan fingerprint density at radius 1 is 0.929 bits per heavy atom. The SMILES string of the molecule is Cc1ccc(NC(=O)Nc2ccc(Cl)c(Cl)c2)cc1S(=O)(=O)N1CCCCC1. The summed E-state index contributed by atoms with van der Waals surface area (Å²) in [7, 11) is -3.59. The molecule has 150 valence electrons. The van der Waals surface area contributed by atoms with Crippen molar-refractivity contribution in [2.75, 3.05) is 23.7 Å². The highest BCUT2D eigenvalue weighted by Gasteiger charge is 2.27. The van der Waals surface area contributed by atoms with Gasteiger partial charge in [0.2, 0.25) is 10.0 Å². The Morgan fingerprint density at radius 3 is 2.18 bits per heavy atom. The van der Waals surface area contributed by atoms with Gasteiger partial charge in [-0.05, 0) is 55.7 Å². The van der Waals surface area contributed by atoms with Crippen LogP contribution >= 0.6 is 23.2 Å². The molecule has 1 fully saturated rings. The maximum atomic E-state index is 13.0. The molecular weight excluding hydrogens is 421 g/mol. The number of hydrogen-bond donors (Lipinski definition) is 2. The van der Waals surface area contributed by atoms with E-state index < -0.39 is 16.1 Å². The van der Waals surface area contributed by atoms with E-state index in [2.05, 4.69) is 10.6 Å². The Morgan fingerprint density at radius 2 is 1.54 bits per heavy atom. The molecule has 0 unspecified atom stereocenters. The highest BCUT2D eigenvalue weighted by molar-refractivity contribution is 7.89. The number of benzene rings is 2. The van der Waals surface area contributed by atoms with E-state index in [0.717, 1.165) is 19.3 Å². The first kappa shape index (κ1) is 20.9. The zero-order valence-corrected chi connectivity index (χ0v) is 17.7. The molecule has 2 aromatic carbocycles. The van der Waals surface area contributed by atoms with Gasteiger partial charge in [0.1, 0.15) is 0 Å². The van der Waals surface area contributed by atoms with Gasteiger partial charge in [-0.1, -0.05) is 35.7 Å². The molecule has 2 N–H and O–H groups in total. The fraction of sp³-hybridized carbons (Fsp3) is 0.316. The van der Waals surface area contributed by atoms with E-state index in [0.29, 0.717) is 40.1 Å². The molecular formula is C19H21Cl2N3O3S. The molecule has 0 saturated carbocycles. The summed E-state index contributed by atoms with van der Waals surface area (Å²) >= 11 is 11.8. The van der Waals surface area contributed by atoms with Crippen molar-refractivity contribution in [2.24, 2.45) is 0 Å². The summed E-state index contributed by atoms with van der Waals surface area (Å²) in [6.07, 6.45) is 2.77. The van der Waals surface area contributed by atoms with E-state index in [1.165, 1.54) is 16.4 Å². The summed E-state index contributed by atoms with van der Waals surface area (Å²) in [6, 6.07) is 9.07. The molecule has 1 saturated heterocycles. The van der Waals surface area contributed by atoms with Crippen LogP contribution in [0.15, 0.2) is 41.3 Å². The number of sulfonamides is 1. The van der Waals surface area contributed by atoms with Crippen LogP contribution in [0.25, 0.3) is 0 Å². The van der Waals surface area contributed by atoms with Crippen LogP contribution in [-0.4, -0.2) is 31.8 Å². The van der Waals surface area contributed by atoms with E-state index in [4.69, 9.17) is 23.2 Å². The third-order valence-electron chi connectivity index (χ3n) is 4.56. The number of piperidine rings is 1. The Labute approximate surface area is 174 Å². The monoisotopic (exact) mass is 441 g/mol. The number of amides is 2. The topological polar surface area (TPSA) is 78.5 Å². The highest BCUT2D eigenvalue weighted by atomic mass is 35.5. The lowest BCUT2D eigenvalue weighted by molar-refractivity contribution is 0.262. The maximum absolute atomic E-state index is 13.0. The lowest BCUT2D eigenvalue weighted by Gasteiger charge is -2.26. The molecule has 1 heterocycles. The van der Waals surface area contributed by atoms with Crippen LogP contribution in [0, 0.1) is 6.92 Å². The van der Waals surface area contributed by atoms with Gasteiger partial charge in [-0.3, -0.25) is 0 Å².